The molecule has 0 spiro atoms. The average Bonchev–Trinajstić information content (AvgIpc) is 2.15. The second-order valence-corrected chi connectivity index (χ2v) is 4.37. The molecule has 2 N–H and O–H groups in total. The van der Waals surface area contributed by atoms with Crippen molar-refractivity contribution in [3.05, 3.63) is 33.8 Å². The Balaban J connectivity index is 2.85. The van der Waals surface area contributed by atoms with Gasteiger partial charge in [0.05, 0.1) is 6.10 Å². The maximum Gasteiger partial charge on any atom is 0.0941 e. The summed E-state index contributed by atoms with van der Waals surface area (Å²) >= 11 is 11.7. The lowest BCUT2D eigenvalue weighted by Gasteiger charge is -2.20. The van der Waals surface area contributed by atoms with E-state index in [0.29, 0.717) is 10.0 Å². The van der Waals surface area contributed by atoms with Gasteiger partial charge in [0.25, 0.3) is 0 Å². The van der Waals surface area contributed by atoms with Gasteiger partial charge in [-0.2, -0.15) is 0 Å². The molecule has 0 bridgehead atoms. The molecule has 0 saturated heterocycles. The third kappa shape index (κ3) is 3.65. The fourth-order valence-electron chi connectivity index (χ4n) is 1.47. The van der Waals surface area contributed by atoms with Crippen LogP contribution in [0.25, 0.3) is 0 Å². The predicted molar refractivity (Wildman–Crippen MR) is 64.6 cm³/mol. The highest BCUT2D eigenvalue weighted by Crippen LogP contribution is 2.25. The summed E-state index contributed by atoms with van der Waals surface area (Å²) in [6.45, 7) is 4.73. The molecular weight excluding hydrogens is 233 g/mol. The Bertz CT molecular complexity index is 310. The van der Waals surface area contributed by atoms with E-state index >= 15 is 0 Å². The van der Waals surface area contributed by atoms with Crippen molar-refractivity contribution < 1.29 is 5.11 Å². The van der Waals surface area contributed by atoms with Crippen molar-refractivity contribution in [3.63, 3.8) is 0 Å². The van der Waals surface area contributed by atoms with Gasteiger partial charge in [-0.25, -0.2) is 0 Å². The maximum atomic E-state index is 9.99. The van der Waals surface area contributed by atoms with Gasteiger partial charge in [-0.3, -0.25) is 0 Å². The van der Waals surface area contributed by atoms with Gasteiger partial charge in [0, 0.05) is 16.1 Å². The second-order valence-electron chi connectivity index (χ2n) is 3.49. The molecule has 2 atom stereocenters. The summed E-state index contributed by atoms with van der Waals surface area (Å²) < 4.78 is 0. The smallest absolute Gasteiger partial charge is 0.0941 e. The first kappa shape index (κ1) is 12.8. The average molecular weight is 248 g/mol. The van der Waals surface area contributed by atoms with Crippen LogP contribution in [0.4, 0.5) is 0 Å². The first-order chi connectivity index (χ1) is 7.04. The van der Waals surface area contributed by atoms with E-state index in [2.05, 4.69) is 5.32 Å². The number of rotatable bonds is 4. The number of hydrogen-bond donors (Lipinski definition) is 2. The van der Waals surface area contributed by atoms with Crippen LogP contribution in [-0.2, 0) is 0 Å². The minimum atomic E-state index is -0.596. The Morgan fingerprint density at radius 3 is 2.27 bits per heavy atom. The zero-order chi connectivity index (χ0) is 11.4. The van der Waals surface area contributed by atoms with Gasteiger partial charge in [0.1, 0.15) is 0 Å². The maximum absolute atomic E-state index is 9.99. The van der Waals surface area contributed by atoms with Gasteiger partial charge < -0.3 is 10.4 Å². The quantitative estimate of drug-likeness (QED) is 0.858. The van der Waals surface area contributed by atoms with E-state index in [-0.39, 0.29) is 6.04 Å². The van der Waals surface area contributed by atoms with Gasteiger partial charge in [-0.05, 0) is 37.2 Å². The summed E-state index contributed by atoms with van der Waals surface area (Å²) in [6.07, 6.45) is -0.596. The van der Waals surface area contributed by atoms with E-state index in [1.54, 1.807) is 18.2 Å². The normalized spacial score (nSPS) is 15.0. The van der Waals surface area contributed by atoms with Crippen LogP contribution in [0, 0.1) is 0 Å². The van der Waals surface area contributed by atoms with Gasteiger partial charge in [0.15, 0.2) is 0 Å². The predicted octanol–water partition coefficient (Wildman–Crippen LogP) is 3.02. The molecule has 2 nitrogen and oxygen atoms in total. The van der Waals surface area contributed by atoms with Gasteiger partial charge in [-0.1, -0.05) is 30.1 Å². The molecule has 2 unspecified atom stereocenters. The Morgan fingerprint density at radius 2 is 1.80 bits per heavy atom. The van der Waals surface area contributed by atoms with E-state index in [1.807, 2.05) is 13.8 Å². The van der Waals surface area contributed by atoms with Crippen LogP contribution < -0.4 is 5.32 Å². The molecule has 15 heavy (non-hydrogen) atoms. The van der Waals surface area contributed by atoms with Crippen molar-refractivity contribution in [3.8, 4) is 0 Å². The molecule has 0 aromatic heterocycles. The molecule has 0 aliphatic rings. The van der Waals surface area contributed by atoms with Crippen molar-refractivity contribution in [2.24, 2.45) is 0 Å². The van der Waals surface area contributed by atoms with Crippen LogP contribution >= 0.6 is 23.2 Å². The third-order valence-corrected chi connectivity index (χ3v) is 2.66. The lowest BCUT2D eigenvalue weighted by atomic mass is 10.0. The Kier molecular flexibility index (Phi) is 4.87. The van der Waals surface area contributed by atoms with E-state index in [4.69, 9.17) is 23.2 Å². The lowest BCUT2D eigenvalue weighted by molar-refractivity contribution is 0.137. The van der Waals surface area contributed by atoms with Crippen molar-refractivity contribution in [1.82, 2.24) is 5.32 Å². The highest BCUT2D eigenvalue weighted by molar-refractivity contribution is 6.34. The molecule has 0 radical (unpaired) electrons. The zero-order valence-electron chi connectivity index (χ0n) is 8.80. The second kappa shape index (κ2) is 5.71. The van der Waals surface area contributed by atoms with E-state index in [0.717, 1.165) is 12.1 Å². The van der Waals surface area contributed by atoms with Crippen LogP contribution in [0.1, 0.15) is 25.5 Å². The molecule has 1 aromatic rings. The number of halogens is 2. The summed E-state index contributed by atoms with van der Waals surface area (Å²) in [6, 6.07) is 5.08. The third-order valence-electron chi connectivity index (χ3n) is 2.23. The first-order valence-corrected chi connectivity index (χ1v) is 5.67. The van der Waals surface area contributed by atoms with Crippen LogP contribution in [0.2, 0.25) is 10.0 Å². The molecule has 84 valence electrons. The molecule has 0 amide bonds. The largest absolute Gasteiger partial charge is 0.387 e. The van der Waals surface area contributed by atoms with Crippen molar-refractivity contribution in [1.29, 1.82) is 0 Å². The van der Waals surface area contributed by atoms with Gasteiger partial charge >= 0.3 is 0 Å². The van der Waals surface area contributed by atoms with Crippen LogP contribution in [0.15, 0.2) is 18.2 Å². The number of benzene rings is 1. The SMILES string of the molecule is CCNC(C)C(O)c1cc(Cl)cc(Cl)c1. The topological polar surface area (TPSA) is 32.3 Å². The Labute approximate surface area is 100 Å². The number of aliphatic hydroxyl groups is 1. The molecule has 4 heteroatoms. The molecule has 0 heterocycles. The minimum absolute atomic E-state index is 0.0236. The zero-order valence-corrected chi connectivity index (χ0v) is 10.3. The molecule has 0 aliphatic heterocycles. The number of hydrogen-bond acceptors (Lipinski definition) is 2. The van der Waals surface area contributed by atoms with Crippen LogP contribution in [0.3, 0.4) is 0 Å². The summed E-state index contributed by atoms with van der Waals surface area (Å²) in [5.74, 6) is 0. The van der Waals surface area contributed by atoms with Crippen molar-refractivity contribution in [2.75, 3.05) is 6.54 Å². The van der Waals surface area contributed by atoms with Crippen LogP contribution in [-0.4, -0.2) is 17.7 Å². The van der Waals surface area contributed by atoms with E-state index < -0.39 is 6.10 Å². The lowest BCUT2D eigenvalue weighted by Crippen LogP contribution is -2.31. The monoisotopic (exact) mass is 247 g/mol. The fourth-order valence-corrected chi connectivity index (χ4v) is 2.01. The molecule has 0 saturated carbocycles. The van der Waals surface area contributed by atoms with E-state index in [1.165, 1.54) is 0 Å². The van der Waals surface area contributed by atoms with Crippen molar-refractivity contribution >= 4 is 23.2 Å². The molecule has 1 rings (SSSR count). The first-order valence-electron chi connectivity index (χ1n) is 4.92. The van der Waals surface area contributed by atoms with Crippen molar-refractivity contribution in [2.45, 2.75) is 26.0 Å². The summed E-state index contributed by atoms with van der Waals surface area (Å²) in [5.41, 5.74) is 0.737. The molecule has 1 aromatic carbocycles. The standard InChI is InChI=1S/C11H15Cl2NO/c1-3-14-7(2)11(15)8-4-9(12)6-10(13)5-8/h4-7,11,14-15H,3H2,1-2H3. The number of likely N-dealkylation sites (N-methyl/N-ethyl adjacent to an activating group) is 1. The Hall–Kier alpha value is -0.280. The molecule has 0 fully saturated rings. The highest BCUT2D eigenvalue weighted by Gasteiger charge is 2.16. The fraction of sp³-hybridized carbons (Fsp3) is 0.455. The molecule has 0 aliphatic carbocycles. The highest BCUT2D eigenvalue weighted by atomic mass is 35.5. The summed E-state index contributed by atoms with van der Waals surface area (Å²) in [7, 11) is 0. The number of aliphatic hydroxyl groups excluding tert-OH is 1. The Morgan fingerprint density at radius 1 is 1.27 bits per heavy atom. The molecular formula is C11H15Cl2NO. The van der Waals surface area contributed by atoms with Crippen LogP contribution in [0.5, 0.6) is 0 Å². The van der Waals surface area contributed by atoms with Gasteiger partial charge in [-0.15, -0.1) is 0 Å². The minimum Gasteiger partial charge on any atom is -0.387 e. The summed E-state index contributed by atoms with van der Waals surface area (Å²) in [4.78, 5) is 0. The summed E-state index contributed by atoms with van der Waals surface area (Å²) in [5, 5.41) is 14.2. The van der Waals surface area contributed by atoms with Gasteiger partial charge in [0.2, 0.25) is 0 Å². The number of nitrogens with one attached hydrogen (secondary N) is 1. The van der Waals surface area contributed by atoms with E-state index in [9.17, 15) is 5.11 Å².